The highest BCUT2D eigenvalue weighted by atomic mass is 16.6. The molecule has 6 aliphatic rings. The van der Waals surface area contributed by atoms with Crippen LogP contribution in [0.1, 0.15) is 58.8 Å². The Balaban J connectivity index is 1.05. The molecule has 5 fully saturated rings. The topological polar surface area (TPSA) is 52.6 Å². The van der Waals surface area contributed by atoms with Crippen molar-refractivity contribution in [1.29, 1.82) is 0 Å². The maximum absolute atomic E-state index is 12.5. The average molecular weight is 399 g/mol. The highest BCUT2D eigenvalue weighted by Crippen LogP contribution is 2.70. The summed E-state index contributed by atoms with van der Waals surface area (Å²) in [4.78, 5) is 24.9. The van der Waals surface area contributed by atoms with Gasteiger partial charge in [0.05, 0.1) is 5.92 Å². The molecule has 0 N–H and O–H groups in total. The highest BCUT2D eigenvalue weighted by Gasteiger charge is 2.64. The highest BCUT2D eigenvalue weighted by molar-refractivity contribution is 5.78. The minimum absolute atomic E-state index is 0.0638. The Morgan fingerprint density at radius 1 is 0.931 bits per heavy atom. The molecule has 10 unspecified atom stereocenters. The Kier molecular flexibility index (Phi) is 4.03. The number of rotatable bonds is 5. The van der Waals surface area contributed by atoms with Crippen LogP contribution in [0, 0.1) is 59.2 Å². The largest absolute Gasteiger partial charge is 0.457 e. The predicted octanol–water partition coefficient (Wildman–Crippen LogP) is 4.38. The van der Waals surface area contributed by atoms with Crippen LogP contribution >= 0.6 is 0 Å². The summed E-state index contributed by atoms with van der Waals surface area (Å²) in [5.41, 5.74) is -0.467. The molecule has 6 aliphatic carbocycles. The summed E-state index contributed by atoms with van der Waals surface area (Å²) in [7, 11) is 0. The molecule has 0 heterocycles. The fourth-order valence-electron chi connectivity index (χ4n) is 9.05. The Morgan fingerprint density at radius 2 is 1.72 bits per heavy atom. The van der Waals surface area contributed by atoms with Crippen molar-refractivity contribution in [3.63, 3.8) is 0 Å². The Labute approximate surface area is 173 Å². The molecule has 5 saturated carbocycles. The number of ether oxygens (including phenoxy) is 2. The van der Waals surface area contributed by atoms with E-state index in [2.05, 4.69) is 26.0 Å². The maximum Gasteiger partial charge on any atom is 0.344 e. The van der Waals surface area contributed by atoms with E-state index < -0.39 is 5.60 Å². The van der Waals surface area contributed by atoms with Crippen LogP contribution in [0.5, 0.6) is 0 Å². The zero-order valence-corrected chi connectivity index (χ0v) is 17.7. The van der Waals surface area contributed by atoms with Gasteiger partial charge >= 0.3 is 11.9 Å². The molecule has 29 heavy (non-hydrogen) atoms. The van der Waals surface area contributed by atoms with E-state index in [1.54, 1.807) is 0 Å². The lowest BCUT2D eigenvalue weighted by Gasteiger charge is -2.44. The van der Waals surface area contributed by atoms with Crippen molar-refractivity contribution in [2.45, 2.75) is 64.4 Å². The molecule has 4 heteroatoms. The molecule has 0 amide bonds. The molecule has 0 spiro atoms. The van der Waals surface area contributed by atoms with Gasteiger partial charge in [-0.2, -0.15) is 0 Å². The second-order valence-electron chi connectivity index (χ2n) is 11.6. The molecule has 0 aromatic carbocycles. The molecule has 158 valence electrons. The zero-order chi connectivity index (χ0) is 19.9. The normalized spacial score (nSPS) is 48.3. The van der Waals surface area contributed by atoms with E-state index in [1.807, 2.05) is 0 Å². The van der Waals surface area contributed by atoms with Crippen LogP contribution < -0.4 is 0 Å². The third kappa shape index (κ3) is 2.76. The van der Waals surface area contributed by atoms with Crippen molar-refractivity contribution in [3.05, 3.63) is 12.2 Å². The van der Waals surface area contributed by atoms with E-state index in [9.17, 15) is 9.59 Å². The lowest BCUT2D eigenvalue weighted by molar-refractivity contribution is -0.176. The summed E-state index contributed by atoms with van der Waals surface area (Å²) in [6, 6.07) is 0. The van der Waals surface area contributed by atoms with Crippen molar-refractivity contribution < 1.29 is 19.1 Å². The van der Waals surface area contributed by atoms with E-state index in [0.29, 0.717) is 17.8 Å². The van der Waals surface area contributed by atoms with Gasteiger partial charge in [0.2, 0.25) is 0 Å². The van der Waals surface area contributed by atoms with Crippen molar-refractivity contribution in [3.8, 4) is 0 Å². The first-order chi connectivity index (χ1) is 13.9. The molecule has 0 saturated heterocycles. The molecule has 0 aromatic rings. The van der Waals surface area contributed by atoms with Crippen molar-refractivity contribution >= 4 is 11.9 Å². The van der Waals surface area contributed by atoms with Crippen molar-refractivity contribution in [2.75, 3.05) is 6.61 Å². The lowest BCUT2D eigenvalue weighted by atomic mass is 9.64. The number of fused-ring (bicyclic) bond motifs is 11. The molecule has 10 atom stereocenters. The molecular formula is C25H34O4. The number of esters is 2. The minimum Gasteiger partial charge on any atom is -0.457 e. The SMILES string of the molecule is CC(C)(OC(=O)COC(=O)C1CC2C=CC1C2)C1CC2CC1C1C3CCC(C3)C21. The first kappa shape index (κ1) is 18.4. The number of hydrogen-bond acceptors (Lipinski definition) is 4. The second-order valence-corrected chi connectivity index (χ2v) is 11.6. The third-order valence-corrected chi connectivity index (χ3v) is 9.92. The average Bonchev–Trinajstić information content (AvgIpc) is 3.49. The Hall–Kier alpha value is -1.32. The van der Waals surface area contributed by atoms with Gasteiger partial charge in [-0.3, -0.25) is 4.79 Å². The first-order valence-corrected chi connectivity index (χ1v) is 12.0. The molecule has 0 aromatic heterocycles. The number of carbonyl (C=O) groups is 2. The lowest BCUT2D eigenvalue weighted by Crippen LogP contribution is -2.45. The fourth-order valence-corrected chi connectivity index (χ4v) is 9.05. The molecule has 0 aliphatic heterocycles. The maximum atomic E-state index is 12.5. The summed E-state index contributed by atoms with van der Waals surface area (Å²) in [5, 5.41) is 0. The van der Waals surface area contributed by atoms with E-state index >= 15 is 0 Å². The summed E-state index contributed by atoms with van der Waals surface area (Å²) in [6.45, 7) is 3.93. The van der Waals surface area contributed by atoms with Gasteiger partial charge in [-0.1, -0.05) is 12.2 Å². The molecular weight excluding hydrogens is 364 g/mol. The Morgan fingerprint density at radius 3 is 2.45 bits per heavy atom. The van der Waals surface area contributed by atoms with Gasteiger partial charge in [-0.05, 0) is 106 Å². The molecule has 4 nitrogen and oxygen atoms in total. The van der Waals surface area contributed by atoms with Crippen LogP contribution in [-0.4, -0.2) is 24.1 Å². The quantitative estimate of drug-likeness (QED) is 0.392. The fraction of sp³-hybridized carbons (Fsp3) is 0.840. The van der Waals surface area contributed by atoms with Crippen molar-refractivity contribution in [1.82, 2.24) is 0 Å². The second kappa shape index (κ2) is 6.34. The van der Waals surface area contributed by atoms with E-state index in [0.717, 1.165) is 48.3 Å². The van der Waals surface area contributed by atoms with Crippen molar-refractivity contribution in [2.24, 2.45) is 59.2 Å². The summed E-state index contributed by atoms with van der Waals surface area (Å²) in [5.74, 6) is 6.00. The Bertz CT molecular complexity index is 754. The summed E-state index contributed by atoms with van der Waals surface area (Å²) in [6.07, 6.45) is 13.2. The van der Waals surface area contributed by atoms with Gasteiger partial charge < -0.3 is 9.47 Å². The van der Waals surface area contributed by atoms with E-state index in [4.69, 9.17) is 9.47 Å². The molecule has 6 bridgehead atoms. The third-order valence-electron chi connectivity index (χ3n) is 9.92. The number of carbonyl (C=O) groups excluding carboxylic acids is 2. The van der Waals surface area contributed by atoms with Gasteiger partial charge in [0.15, 0.2) is 6.61 Å². The zero-order valence-electron chi connectivity index (χ0n) is 17.7. The van der Waals surface area contributed by atoms with E-state index in [-0.39, 0.29) is 24.5 Å². The van der Waals surface area contributed by atoms with Crippen LogP contribution in [0.15, 0.2) is 12.2 Å². The van der Waals surface area contributed by atoms with Gasteiger partial charge in [0.1, 0.15) is 5.60 Å². The minimum atomic E-state index is -0.467. The van der Waals surface area contributed by atoms with E-state index in [1.165, 1.54) is 32.1 Å². The van der Waals surface area contributed by atoms with Gasteiger partial charge in [-0.15, -0.1) is 0 Å². The van der Waals surface area contributed by atoms with Gasteiger partial charge in [0.25, 0.3) is 0 Å². The van der Waals surface area contributed by atoms with Crippen LogP contribution in [0.4, 0.5) is 0 Å². The number of allylic oxidation sites excluding steroid dienone is 2. The number of hydrogen-bond donors (Lipinski definition) is 0. The van der Waals surface area contributed by atoms with Crippen LogP contribution in [0.3, 0.4) is 0 Å². The summed E-state index contributed by atoms with van der Waals surface area (Å²) >= 11 is 0. The van der Waals surface area contributed by atoms with Crippen LogP contribution in [0.2, 0.25) is 0 Å². The standard InChI is InChI=1S/C25H34O4/c1-25(2,20-11-17-10-19(20)23-16-6-5-15(9-16)22(17)23)29-21(26)12-28-24(27)18-8-13-3-4-14(18)7-13/h3-4,13-20,22-23H,5-12H2,1-2H3. The molecule has 6 rings (SSSR count). The van der Waals surface area contributed by atoms with Crippen LogP contribution in [-0.2, 0) is 19.1 Å². The smallest absolute Gasteiger partial charge is 0.344 e. The summed E-state index contributed by atoms with van der Waals surface area (Å²) < 4.78 is 11.3. The van der Waals surface area contributed by atoms with Gasteiger partial charge in [0, 0.05) is 5.92 Å². The van der Waals surface area contributed by atoms with Gasteiger partial charge in [-0.25, -0.2) is 4.79 Å². The monoisotopic (exact) mass is 398 g/mol. The first-order valence-electron chi connectivity index (χ1n) is 12.0. The predicted molar refractivity (Wildman–Crippen MR) is 107 cm³/mol. The van der Waals surface area contributed by atoms with Crippen LogP contribution in [0.25, 0.3) is 0 Å². The molecule has 0 radical (unpaired) electrons.